The van der Waals surface area contributed by atoms with Crippen LogP contribution in [0.3, 0.4) is 0 Å². The van der Waals surface area contributed by atoms with Crippen molar-refractivity contribution in [3.8, 4) is 0 Å². The van der Waals surface area contributed by atoms with E-state index in [-0.39, 0.29) is 0 Å². The molecular weight excluding hydrogens is 307 g/mol. The molecule has 0 aromatic heterocycles. The fourth-order valence-corrected chi connectivity index (χ4v) is 4.94. The molecule has 0 amide bonds. The van der Waals surface area contributed by atoms with Crippen LogP contribution in [0.1, 0.15) is 5.56 Å². The van der Waals surface area contributed by atoms with E-state index in [0.717, 1.165) is 16.6 Å². The van der Waals surface area contributed by atoms with Crippen LogP contribution in [-0.4, -0.2) is 29.1 Å². The predicted octanol–water partition coefficient (Wildman–Crippen LogP) is 2.61. The van der Waals surface area contributed by atoms with Crippen molar-refractivity contribution in [1.29, 1.82) is 0 Å². The van der Waals surface area contributed by atoms with Gasteiger partial charge in [-0.25, -0.2) is 0 Å². The van der Waals surface area contributed by atoms with Gasteiger partial charge in [-0.05, 0) is 0 Å². The molecule has 0 radical (unpaired) electrons. The van der Waals surface area contributed by atoms with Crippen molar-refractivity contribution in [2.45, 2.75) is 6.54 Å². The van der Waals surface area contributed by atoms with Gasteiger partial charge in [0.05, 0.1) is 0 Å². The molecule has 0 aliphatic rings. The third-order valence-electron chi connectivity index (χ3n) is 1.71. The molecule has 0 bridgehead atoms. The van der Waals surface area contributed by atoms with Crippen LogP contribution in [0, 0.1) is 0 Å². The molecule has 0 heterocycles. The minimum atomic E-state index is -2.93. The molecular formula is C9H12Cl3NSe. The zero-order chi connectivity index (χ0) is 10.8. The number of hydrogen-bond acceptors (Lipinski definition) is 1. The summed E-state index contributed by atoms with van der Waals surface area (Å²) in [4.78, 5) is 2.06. The van der Waals surface area contributed by atoms with Gasteiger partial charge < -0.3 is 0 Å². The molecule has 14 heavy (non-hydrogen) atoms. The Hall–Kier alpha value is 0.569. The first-order valence-corrected chi connectivity index (χ1v) is 11.7. The number of halogens is 3. The summed E-state index contributed by atoms with van der Waals surface area (Å²) in [6.45, 7) is 0.807. The van der Waals surface area contributed by atoms with Crippen molar-refractivity contribution in [3.63, 3.8) is 0 Å². The van der Waals surface area contributed by atoms with Crippen molar-refractivity contribution in [1.82, 2.24) is 4.90 Å². The molecule has 0 saturated heterocycles. The zero-order valence-electron chi connectivity index (χ0n) is 8.01. The molecule has 0 aliphatic carbocycles. The van der Waals surface area contributed by atoms with E-state index in [1.54, 1.807) is 0 Å². The molecule has 5 heteroatoms. The van der Waals surface area contributed by atoms with E-state index in [2.05, 4.69) is 4.90 Å². The van der Waals surface area contributed by atoms with Crippen molar-refractivity contribution in [2.75, 3.05) is 14.1 Å². The maximum atomic E-state index is 6.02. The normalized spacial score (nSPS) is 13.3. The molecule has 0 fully saturated rings. The summed E-state index contributed by atoms with van der Waals surface area (Å²) in [6.07, 6.45) is 0. The number of rotatable bonds is 3. The van der Waals surface area contributed by atoms with Crippen molar-refractivity contribution < 1.29 is 0 Å². The Labute approximate surface area is 99.9 Å². The summed E-state index contributed by atoms with van der Waals surface area (Å²) >= 11 is 0. The maximum absolute atomic E-state index is 6.02. The molecule has 0 aliphatic heterocycles. The standard InChI is InChI=1S/C9H12Cl3NSe/c1-13(2)7-8-5-3-4-6-9(8)14(10,11)12/h3-6H,7H2,1-2H3. The fraction of sp³-hybridized carbons (Fsp3) is 0.333. The fourth-order valence-electron chi connectivity index (χ4n) is 1.20. The van der Waals surface area contributed by atoms with E-state index in [9.17, 15) is 0 Å². The predicted molar refractivity (Wildman–Crippen MR) is 66.8 cm³/mol. The van der Waals surface area contributed by atoms with Gasteiger partial charge in [-0.1, -0.05) is 0 Å². The van der Waals surface area contributed by atoms with E-state index in [1.807, 2.05) is 38.4 Å². The second-order valence-electron chi connectivity index (χ2n) is 3.25. The summed E-state index contributed by atoms with van der Waals surface area (Å²) in [5, 5.41) is 0. The Morgan fingerprint density at radius 2 is 1.71 bits per heavy atom. The summed E-state index contributed by atoms with van der Waals surface area (Å²) in [5.41, 5.74) is 1.11. The van der Waals surface area contributed by atoms with Gasteiger partial charge in [0.2, 0.25) is 0 Å². The molecule has 0 saturated carbocycles. The van der Waals surface area contributed by atoms with Crippen LogP contribution in [0.15, 0.2) is 24.3 Å². The monoisotopic (exact) mass is 319 g/mol. The first kappa shape index (κ1) is 12.6. The van der Waals surface area contributed by atoms with E-state index >= 15 is 0 Å². The van der Waals surface area contributed by atoms with Crippen molar-refractivity contribution in [3.05, 3.63) is 29.8 Å². The molecule has 0 atom stereocenters. The average Bonchev–Trinajstić information content (AvgIpc) is 2.01. The van der Waals surface area contributed by atoms with Crippen LogP contribution in [0.25, 0.3) is 0 Å². The summed E-state index contributed by atoms with van der Waals surface area (Å²) in [5.74, 6) is 0. The van der Waals surface area contributed by atoms with Gasteiger partial charge in [0.15, 0.2) is 0 Å². The van der Waals surface area contributed by atoms with Crippen LogP contribution in [0.2, 0.25) is 0 Å². The average molecular weight is 320 g/mol. The topological polar surface area (TPSA) is 3.24 Å². The molecule has 1 nitrogen and oxygen atoms in total. The molecule has 0 N–H and O–H groups in total. The minimum absolute atomic E-state index is 0.807. The Bertz CT molecular complexity index is 309. The molecule has 0 spiro atoms. The van der Waals surface area contributed by atoms with Crippen LogP contribution in [-0.2, 0) is 6.54 Å². The van der Waals surface area contributed by atoms with Crippen LogP contribution < -0.4 is 4.46 Å². The molecule has 1 aromatic rings. The third-order valence-corrected chi connectivity index (χ3v) is 6.18. The van der Waals surface area contributed by atoms with Gasteiger partial charge in [0, 0.05) is 0 Å². The van der Waals surface area contributed by atoms with E-state index in [4.69, 9.17) is 30.3 Å². The van der Waals surface area contributed by atoms with Gasteiger partial charge >= 0.3 is 100 Å². The Kier molecular flexibility index (Phi) is 4.57. The first-order valence-electron chi connectivity index (χ1n) is 4.06. The third kappa shape index (κ3) is 3.62. The molecule has 0 unspecified atom stereocenters. The van der Waals surface area contributed by atoms with Crippen molar-refractivity contribution >= 4 is 44.9 Å². The van der Waals surface area contributed by atoms with E-state index < -0.39 is 10.1 Å². The number of nitrogens with zero attached hydrogens (tertiary/aromatic N) is 1. The van der Waals surface area contributed by atoms with Gasteiger partial charge in [-0.2, -0.15) is 0 Å². The zero-order valence-corrected chi connectivity index (χ0v) is 12.0. The second-order valence-corrected chi connectivity index (χ2v) is 15.6. The van der Waals surface area contributed by atoms with Crippen molar-refractivity contribution in [2.24, 2.45) is 0 Å². The summed E-state index contributed by atoms with van der Waals surface area (Å²) in [7, 11) is 19.1. The van der Waals surface area contributed by atoms with Crippen LogP contribution in [0.4, 0.5) is 0 Å². The van der Waals surface area contributed by atoms with E-state index in [1.165, 1.54) is 0 Å². The first-order chi connectivity index (χ1) is 6.41. The van der Waals surface area contributed by atoms with Gasteiger partial charge in [0.25, 0.3) is 0 Å². The Morgan fingerprint density at radius 3 is 2.21 bits per heavy atom. The molecule has 1 rings (SSSR count). The van der Waals surface area contributed by atoms with Gasteiger partial charge in [-0.15, -0.1) is 0 Å². The number of hydrogen-bond donors (Lipinski definition) is 0. The van der Waals surface area contributed by atoms with Crippen LogP contribution >= 0.6 is 30.3 Å². The summed E-state index contributed by atoms with van der Waals surface area (Å²) < 4.78 is 0.905. The van der Waals surface area contributed by atoms with Gasteiger partial charge in [0.1, 0.15) is 0 Å². The SMILES string of the molecule is CN(C)Cc1ccccc1[Se](Cl)(Cl)Cl. The molecule has 80 valence electrons. The Morgan fingerprint density at radius 1 is 1.14 bits per heavy atom. The Balaban J connectivity index is 3.04. The van der Waals surface area contributed by atoms with E-state index in [0.29, 0.717) is 0 Å². The van der Waals surface area contributed by atoms with Crippen LogP contribution in [0.5, 0.6) is 0 Å². The molecule has 1 aromatic carbocycles. The second kappa shape index (κ2) is 5.07. The van der Waals surface area contributed by atoms with Gasteiger partial charge in [-0.3, -0.25) is 0 Å². The quantitative estimate of drug-likeness (QED) is 0.774. The summed E-state index contributed by atoms with van der Waals surface area (Å²) in [6, 6.07) is 7.80. The number of benzene rings is 1.